The molecular weight excluding hydrogens is 346 g/mol. The first-order valence-corrected chi connectivity index (χ1v) is 8.34. The van der Waals surface area contributed by atoms with Crippen LogP contribution < -0.4 is 0 Å². The lowest BCUT2D eigenvalue weighted by atomic mass is 10.0. The smallest absolute Gasteiger partial charge is 0.269 e. The molecule has 0 saturated heterocycles. The van der Waals surface area contributed by atoms with E-state index in [-0.39, 0.29) is 18.2 Å². The molecule has 0 aliphatic heterocycles. The zero-order valence-corrected chi connectivity index (χ0v) is 14.5. The quantitative estimate of drug-likeness (QED) is 0.506. The fourth-order valence-corrected chi connectivity index (χ4v) is 3.92. The zero-order chi connectivity index (χ0) is 18.1. The number of aliphatic hydroxyl groups is 1. The first-order chi connectivity index (χ1) is 11.9. The van der Waals surface area contributed by atoms with Gasteiger partial charge in [-0.25, -0.2) is 4.98 Å². The second-order valence-electron chi connectivity index (χ2n) is 5.60. The first kappa shape index (κ1) is 17.3. The molecule has 2 N–H and O–H groups in total. The summed E-state index contributed by atoms with van der Waals surface area (Å²) in [5.74, 6) is 0.491. The Bertz CT molecular complexity index is 922. The van der Waals surface area contributed by atoms with E-state index < -0.39 is 11.0 Å². The van der Waals surface area contributed by atoms with E-state index in [1.54, 1.807) is 26.1 Å². The molecule has 2 aromatic heterocycles. The molecular formula is C15H17N5O4S. The van der Waals surface area contributed by atoms with Crippen LogP contribution in [0.3, 0.4) is 0 Å². The van der Waals surface area contributed by atoms with Gasteiger partial charge in [-0.15, -0.1) is 5.10 Å². The Balaban J connectivity index is 2.14. The second kappa shape index (κ2) is 6.75. The van der Waals surface area contributed by atoms with Crippen molar-refractivity contribution in [2.24, 2.45) is 0 Å². The maximum absolute atomic E-state index is 11.1. The van der Waals surface area contributed by atoms with Crippen molar-refractivity contribution in [3.05, 3.63) is 50.6 Å². The lowest BCUT2D eigenvalue weighted by molar-refractivity contribution is -0.384. The van der Waals surface area contributed by atoms with E-state index in [1.807, 2.05) is 4.90 Å². The summed E-state index contributed by atoms with van der Waals surface area (Å²) in [6.45, 7) is 1.98. The molecule has 2 heterocycles. The minimum absolute atomic E-state index is 0.0327. The maximum atomic E-state index is 11.1. The Hall–Kier alpha value is -2.56. The summed E-state index contributed by atoms with van der Waals surface area (Å²) >= 11 is 1.26. The summed E-state index contributed by atoms with van der Waals surface area (Å²) in [4.78, 5) is 17.8. The number of aromatic hydroxyl groups is 1. The largest absolute Gasteiger partial charge is 0.492 e. The Morgan fingerprint density at radius 1 is 1.48 bits per heavy atom. The van der Waals surface area contributed by atoms with Gasteiger partial charge in [0, 0.05) is 18.7 Å². The third kappa shape index (κ3) is 3.18. The normalized spacial score (nSPS) is 12.8. The van der Waals surface area contributed by atoms with Crippen molar-refractivity contribution in [3.63, 3.8) is 0 Å². The number of thiazole rings is 1. The van der Waals surface area contributed by atoms with Crippen LogP contribution in [0.4, 0.5) is 5.69 Å². The van der Waals surface area contributed by atoms with E-state index in [0.717, 1.165) is 0 Å². The minimum atomic E-state index is -0.471. The Morgan fingerprint density at radius 3 is 2.88 bits per heavy atom. The molecule has 25 heavy (non-hydrogen) atoms. The molecule has 1 atom stereocenters. The maximum Gasteiger partial charge on any atom is 0.269 e. The number of hydrogen-bond acceptors (Lipinski definition) is 8. The number of aryl methyl sites for hydroxylation is 1. The van der Waals surface area contributed by atoms with Crippen molar-refractivity contribution >= 4 is 22.0 Å². The minimum Gasteiger partial charge on any atom is -0.492 e. The molecule has 0 saturated carbocycles. The highest BCUT2D eigenvalue weighted by Crippen LogP contribution is 2.39. The van der Waals surface area contributed by atoms with Crippen LogP contribution in [0.2, 0.25) is 0 Å². The van der Waals surface area contributed by atoms with Gasteiger partial charge in [-0.05, 0) is 19.5 Å². The Labute approximate surface area is 146 Å². The summed E-state index contributed by atoms with van der Waals surface area (Å²) in [6, 6.07) is 5.77. The van der Waals surface area contributed by atoms with E-state index in [9.17, 15) is 20.3 Å². The molecule has 9 nitrogen and oxygen atoms in total. The number of nitrogens with zero attached hydrogens (tertiary/aromatic N) is 5. The van der Waals surface area contributed by atoms with Crippen LogP contribution in [-0.4, -0.2) is 54.8 Å². The lowest BCUT2D eigenvalue weighted by Crippen LogP contribution is -2.28. The van der Waals surface area contributed by atoms with E-state index in [1.165, 1.54) is 28.0 Å². The summed E-state index contributed by atoms with van der Waals surface area (Å²) in [5, 5.41) is 35.1. The molecule has 0 spiro atoms. The number of hydrogen-bond donors (Lipinski definition) is 2. The average molecular weight is 363 g/mol. The van der Waals surface area contributed by atoms with Gasteiger partial charge in [-0.2, -0.15) is 4.52 Å². The third-order valence-electron chi connectivity index (χ3n) is 3.84. The van der Waals surface area contributed by atoms with E-state index >= 15 is 0 Å². The molecule has 0 fully saturated rings. The van der Waals surface area contributed by atoms with E-state index in [0.29, 0.717) is 27.8 Å². The Kier molecular flexibility index (Phi) is 4.66. The monoisotopic (exact) mass is 363 g/mol. The number of rotatable bonds is 6. The van der Waals surface area contributed by atoms with E-state index in [2.05, 4.69) is 10.1 Å². The predicted octanol–water partition coefficient (Wildman–Crippen LogP) is 1.73. The van der Waals surface area contributed by atoms with Crippen molar-refractivity contribution in [1.82, 2.24) is 19.5 Å². The van der Waals surface area contributed by atoms with Crippen LogP contribution in [0, 0.1) is 17.0 Å². The van der Waals surface area contributed by atoms with E-state index in [4.69, 9.17) is 0 Å². The summed E-state index contributed by atoms with van der Waals surface area (Å²) in [7, 11) is 1.78. The van der Waals surface area contributed by atoms with Gasteiger partial charge in [-0.3, -0.25) is 15.0 Å². The first-order valence-electron chi connectivity index (χ1n) is 7.53. The highest BCUT2D eigenvalue weighted by atomic mass is 32.1. The van der Waals surface area contributed by atoms with Crippen molar-refractivity contribution in [2.45, 2.75) is 13.0 Å². The van der Waals surface area contributed by atoms with Gasteiger partial charge in [0.2, 0.25) is 10.8 Å². The molecule has 0 aliphatic carbocycles. The molecule has 3 aromatic rings. The summed E-state index contributed by atoms with van der Waals surface area (Å²) in [5.41, 5.74) is 0.608. The highest BCUT2D eigenvalue weighted by molar-refractivity contribution is 7.17. The topological polar surface area (TPSA) is 117 Å². The van der Waals surface area contributed by atoms with Crippen LogP contribution in [-0.2, 0) is 0 Å². The molecule has 3 rings (SSSR count). The van der Waals surface area contributed by atoms with Crippen molar-refractivity contribution < 1.29 is 15.1 Å². The van der Waals surface area contributed by atoms with Crippen molar-refractivity contribution in [1.29, 1.82) is 0 Å². The lowest BCUT2D eigenvalue weighted by Gasteiger charge is -2.26. The number of likely N-dealkylation sites (N-methyl/N-ethyl adjacent to an activating group) is 1. The zero-order valence-electron chi connectivity index (χ0n) is 13.7. The summed E-state index contributed by atoms with van der Waals surface area (Å²) in [6.07, 6.45) is 0. The molecule has 0 aliphatic rings. The molecule has 132 valence electrons. The van der Waals surface area contributed by atoms with Crippen LogP contribution in [0.25, 0.3) is 4.96 Å². The summed E-state index contributed by atoms with van der Waals surface area (Å²) < 4.78 is 1.35. The SMILES string of the molecule is Cc1nc2sc(C(c3cccc([N+](=O)[O-])c3)N(C)CCO)c(O)n2n1. The second-order valence-corrected chi connectivity index (χ2v) is 6.61. The number of benzene rings is 1. The predicted molar refractivity (Wildman–Crippen MR) is 91.9 cm³/mol. The van der Waals surface area contributed by atoms with Crippen molar-refractivity contribution in [3.8, 4) is 5.88 Å². The van der Waals surface area contributed by atoms with Gasteiger partial charge in [0.1, 0.15) is 5.82 Å². The number of fused-ring (bicyclic) bond motifs is 1. The molecule has 10 heteroatoms. The number of aliphatic hydroxyl groups excluding tert-OH is 1. The molecule has 1 unspecified atom stereocenters. The Morgan fingerprint density at radius 2 is 2.24 bits per heavy atom. The van der Waals surface area contributed by atoms with Crippen LogP contribution in [0.1, 0.15) is 22.3 Å². The van der Waals surface area contributed by atoms with Crippen LogP contribution in [0.15, 0.2) is 24.3 Å². The number of non-ortho nitro benzene ring substituents is 1. The van der Waals surface area contributed by atoms with Crippen LogP contribution >= 0.6 is 11.3 Å². The van der Waals surface area contributed by atoms with Gasteiger partial charge in [0.05, 0.1) is 22.4 Å². The third-order valence-corrected chi connectivity index (χ3v) is 4.92. The molecule has 1 aromatic carbocycles. The van der Waals surface area contributed by atoms with Gasteiger partial charge in [0.15, 0.2) is 0 Å². The average Bonchev–Trinajstić information content (AvgIpc) is 3.07. The molecule has 0 bridgehead atoms. The number of aromatic nitrogens is 3. The van der Waals surface area contributed by atoms with Gasteiger partial charge >= 0.3 is 0 Å². The highest BCUT2D eigenvalue weighted by Gasteiger charge is 2.28. The van der Waals surface area contributed by atoms with Gasteiger partial charge in [-0.1, -0.05) is 23.5 Å². The number of nitro groups is 1. The fraction of sp³-hybridized carbons (Fsp3) is 0.333. The van der Waals surface area contributed by atoms with Crippen molar-refractivity contribution in [2.75, 3.05) is 20.2 Å². The van der Waals surface area contributed by atoms with Crippen LogP contribution in [0.5, 0.6) is 5.88 Å². The fourth-order valence-electron chi connectivity index (χ4n) is 2.73. The molecule has 0 amide bonds. The molecule has 0 radical (unpaired) electrons. The van der Waals surface area contributed by atoms with Gasteiger partial charge in [0.25, 0.3) is 5.69 Å². The standard InChI is InChI=1S/C15H17N5O4S/c1-9-16-15-19(17-9)14(22)13(25-15)12(18(2)6-7-21)10-4-3-5-11(8-10)20(23)24/h3-5,8,12,21-22H,6-7H2,1-2H3. The van der Waals surface area contributed by atoms with Gasteiger partial charge < -0.3 is 10.2 Å². The number of nitro benzene ring substituents is 1.